The number of hydrogen-bond donors (Lipinski definition) is 1. The average molecular weight is 388 g/mol. The van der Waals surface area contributed by atoms with Crippen LogP contribution in [0.4, 0.5) is 5.69 Å². The maximum Gasteiger partial charge on any atom is 0.317 e. The number of carbonyl (C=O) groups excluding carboxylic acids is 2. The van der Waals surface area contributed by atoms with Gasteiger partial charge in [0, 0.05) is 10.2 Å². The molecule has 3 rings (SSSR count). The summed E-state index contributed by atoms with van der Waals surface area (Å²) >= 11 is 3.38. The highest BCUT2D eigenvalue weighted by molar-refractivity contribution is 9.10. The molecule has 0 saturated heterocycles. The number of hydrogen-bond acceptors (Lipinski definition) is 3. The third-order valence-electron chi connectivity index (χ3n) is 4.26. The SMILES string of the molecule is Cc1cc(Br)ccc1NC(=O)COC(=O)C1(c2ccccc2)CC1. The van der Waals surface area contributed by atoms with Gasteiger partial charge in [-0.2, -0.15) is 0 Å². The van der Waals surface area contributed by atoms with Crippen LogP contribution in [0.3, 0.4) is 0 Å². The number of benzene rings is 2. The van der Waals surface area contributed by atoms with Crippen molar-refractivity contribution in [3.8, 4) is 0 Å². The zero-order valence-corrected chi connectivity index (χ0v) is 14.9. The third-order valence-corrected chi connectivity index (χ3v) is 4.76. The lowest BCUT2D eigenvalue weighted by molar-refractivity contribution is -0.150. The number of aryl methyl sites for hydroxylation is 1. The van der Waals surface area contributed by atoms with Crippen LogP contribution in [-0.2, 0) is 19.7 Å². The van der Waals surface area contributed by atoms with E-state index in [1.807, 2.05) is 55.5 Å². The minimum atomic E-state index is -0.560. The maximum atomic E-state index is 12.4. The number of nitrogens with one attached hydrogen (secondary N) is 1. The topological polar surface area (TPSA) is 55.4 Å². The summed E-state index contributed by atoms with van der Waals surface area (Å²) in [7, 11) is 0. The van der Waals surface area contributed by atoms with Crippen LogP contribution in [0, 0.1) is 6.92 Å². The van der Waals surface area contributed by atoms with E-state index in [1.165, 1.54) is 0 Å². The van der Waals surface area contributed by atoms with Crippen molar-refractivity contribution in [1.29, 1.82) is 0 Å². The van der Waals surface area contributed by atoms with Gasteiger partial charge in [-0.1, -0.05) is 46.3 Å². The number of ether oxygens (including phenoxy) is 1. The molecule has 1 aliphatic rings. The quantitative estimate of drug-likeness (QED) is 0.789. The highest BCUT2D eigenvalue weighted by Gasteiger charge is 2.52. The van der Waals surface area contributed by atoms with Gasteiger partial charge in [-0.3, -0.25) is 9.59 Å². The van der Waals surface area contributed by atoms with Crippen LogP contribution in [0.2, 0.25) is 0 Å². The van der Waals surface area contributed by atoms with E-state index >= 15 is 0 Å². The van der Waals surface area contributed by atoms with Gasteiger partial charge in [-0.25, -0.2) is 0 Å². The fraction of sp³-hybridized carbons (Fsp3) is 0.263. The van der Waals surface area contributed by atoms with E-state index in [0.29, 0.717) is 5.69 Å². The molecule has 0 aromatic heterocycles. The first kappa shape index (κ1) is 16.7. The van der Waals surface area contributed by atoms with E-state index in [-0.39, 0.29) is 18.5 Å². The molecule has 0 bridgehead atoms. The highest BCUT2D eigenvalue weighted by Crippen LogP contribution is 2.49. The highest BCUT2D eigenvalue weighted by atomic mass is 79.9. The first-order valence-electron chi connectivity index (χ1n) is 7.80. The predicted octanol–water partition coefficient (Wildman–Crippen LogP) is 3.97. The molecule has 0 heterocycles. The van der Waals surface area contributed by atoms with E-state index in [4.69, 9.17) is 4.74 Å². The number of rotatable bonds is 5. The molecule has 0 spiro atoms. The Hall–Kier alpha value is -2.14. The molecule has 24 heavy (non-hydrogen) atoms. The van der Waals surface area contributed by atoms with Gasteiger partial charge in [0.1, 0.15) is 0 Å². The van der Waals surface area contributed by atoms with Gasteiger partial charge in [-0.05, 0) is 49.1 Å². The van der Waals surface area contributed by atoms with E-state index in [9.17, 15) is 9.59 Å². The smallest absolute Gasteiger partial charge is 0.317 e. The Morgan fingerprint density at radius 3 is 2.50 bits per heavy atom. The zero-order valence-electron chi connectivity index (χ0n) is 13.3. The van der Waals surface area contributed by atoms with E-state index in [1.54, 1.807) is 0 Å². The normalized spacial score (nSPS) is 14.8. The Morgan fingerprint density at radius 2 is 1.88 bits per heavy atom. The first-order chi connectivity index (χ1) is 11.5. The molecule has 1 amide bonds. The van der Waals surface area contributed by atoms with Gasteiger partial charge in [0.05, 0.1) is 5.41 Å². The van der Waals surface area contributed by atoms with Gasteiger partial charge in [0.2, 0.25) is 0 Å². The van der Waals surface area contributed by atoms with Crippen LogP contribution in [0.1, 0.15) is 24.0 Å². The molecule has 1 fully saturated rings. The lowest BCUT2D eigenvalue weighted by Crippen LogP contribution is -2.28. The van der Waals surface area contributed by atoms with Crippen LogP contribution < -0.4 is 5.32 Å². The fourth-order valence-electron chi connectivity index (χ4n) is 2.72. The Morgan fingerprint density at radius 1 is 1.17 bits per heavy atom. The number of amides is 1. The Labute approximate surface area is 149 Å². The third kappa shape index (κ3) is 3.51. The molecule has 1 aliphatic carbocycles. The predicted molar refractivity (Wildman–Crippen MR) is 95.8 cm³/mol. The summed E-state index contributed by atoms with van der Waals surface area (Å²) in [4.78, 5) is 24.4. The largest absolute Gasteiger partial charge is 0.455 e. The van der Waals surface area contributed by atoms with Crippen molar-refractivity contribution < 1.29 is 14.3 Å². The first-order valence-corrected chi connectivity index (χ1v) is 8.59. The van der Waals surface area contributed by atoms with Crippen molar-refractivity contribution in [3.05, 3.63) is 64.1 Å². The molecule has 0 aliphatic heterocycles. The summed E-state index contributed by atoms with van der Waals surface area (Å²) in [6.07, 6.45) is 1.53. The summed E-state index contributed by atoms with van der Waals surface area (Å²) in [6, 6.07) is 15.2. The molecule has 2 aromatic rings. The summed E-state index contributed by atoms with van der Waals surface area (Å²) in [5, 5.41) is 2.77. The van der Waals surface area contributed by atoms with Gasteiger partial charge >= 0.3 is 5.97 Å². The molecule has 1 saturated carbocycles. The molecule has 5 heteroatoms. The van der Waals surface area contributed by atoms with Gasteiger partial charge in [0.25, 0.3) is 5.91 Å². The van der Waals surface area contributed by atoms with Crippen molar-refractivity contribution in [2.24, 2.45) is 0 Å². The monoisotopic (exact) mass is 387 g/mol. The van der Waals surface area contributed by atoms with Crippen LogP contribution in [0.5, 0.6) is 0 Å². The van der Waals surface area contributed by atoms with Crippen molar-refractivity contribution in [2.75, 3.05) is 11.9 Å². The molecular weight excluding hydrogens is 370 g/mol. The summed E-state index contributed by atoms with van der Waals surface area (Å²) in [6.45, 7) is 1.63. The number of carbonyl (C=O) groups is 2. The van der Waals surface area contributed by atoms with Crippen LogP contribution >= 0.6 is 15.9 Å². The summed E-state index contributed by atoms with van der Waals surface area (Å²) in [5.74, 6) is -0.658. The van der Waals surface area contributed by atoms with Gasteiger partial charge < -0.3 is 10.1 Å². The number of anilines is 1. The molecule has 2 aromatic carbocycles. The van der Waals surface area contributed by atoms with Crippen LogP contribution in [0.25, 0.3) is 0 Å². The lowest BCUT2D eigenvalue weighted by Gasteiger charge is -2.15. The summed E-state index contributed by atoms with van der Waals surface area (Å²) in [5.41, 5.74) is 2.05. The average Bonchev–Trinajstić information content (AvgIpc) is 3.38. The van der Waals surface area contributed by atoms with E-state index in [2.05, 4.69) is 21.2 Å². The number of halogens is 1. The van der Waals surface area contributed by atoms with Crippen molar-refractivity contribution in [3.63, 3.8) is 0 Å². The second kappa shape index (κ2) is 6.77. The standard InChI is InChI=1S/C19H18BrNO3/c1-13-11-15(20)7-8-16(13)21-17(22)12-24-18(23)19(9-10-19)14-5-3-2-4-6-14/h2-8,11H,9-10,12H2,1H3,(H,21,22). The van der Waals surface area contributed by atoms with Crippen molar-refractivity contribution in [2.45, 2.75) is 25.2 Å². The minimum absolute atomic E-state index is 0.275. The molecule has 0 radical (unpaired) electrons. The van der Waals surface area contributed by atoms with Crippen molar-refractivity contribution in [1.82, 2.24) is 0 Å². The number of esters is 1. The molecular formula is C19H18BrNO3. The second-order valence-corrected chi connectivity index (χ2v) is 6.95. The Bertz CT molecular complexity index is 769. The Balaban J connectivity index is 1.58. The summed E-state index contributed by atoms with van der Waals surface area (Å²) < 4.78 is 6.21. The molecule has 0 unspecified atom stereocenters. The Kier molecular flexibility index (Phi) is 4.71. The second-order valence-electron chi connectivity index (χ2n) is 6.03. The molecule has 4 nitrogen and oxygen atoms in total. The van der Waals surface area contributed by atoms with Gasteiger partial charge in [-0.15, -0.1) is 0 Å². The minimum Gasteiger partial charge on any atom is -0.455 e. The fourth-order valence-corrected chi connectivity index (χ4v) is 3.19. The molecule has 0 atom stereocenters. The lowest BCUT2D eigenvalue weighted by atomic mass is 9.96. The van der Waals surface area contributed by atoms with E-state index in [0.717, 1.165) is 28.4 Å². The van der Waals surface area contributed by atoms with Crippen LogP contribution in [0.15, 0.2) is 53.0 Å². The molecule has 124 valence electrons. The van der Waals surface area contributed by atoms with Crippen molar-refractivity contribution >= 4 is 33.5 Å². The van der Waals surface area contributed by atoms with Crippen LogP contribution in [-0.4, -0.2) is 18.5 Å². The molecule has 1 N–H and O–H groups in total. The maximum absolute atomic E-state index is 12.4. The van der Waals surface area contributed by atoms with E-state index < -0.39 is 5.41 Å². The zero-order chi connectivity index (χ0) is 17.2. The van der Waals surface area contributed by atoms with Gasteiger partial charge in [0.15, 0.2) is 6.61 Å².